The van der Waals surface area contributed by atoms with Gasteiger partial charge in [-0.2, -0.15) is 0 Å². The second-order valence-corrected chi connectivity index (χ2v) is 19.9. The van der Waals surface area contributed by atoms with Crippen LogP contribution in [0, 0.1) is 22.9 Å². The minimum absolute atomic E-state index is 0.338. The normalized spacial score (nSPS) is 13.9. The lowest BCUT2D eigenvalue weighted by Gasteiger charge is -2.15. The lowest BCUT2D eigenvalue weighted by Crippen LogP contribution is -2.16. The Kier molecular flexibility index (Phi) is 5.57. The highest BCUT2D eigenvalue weighted by Gasteiger charge is 2.16. The van der Waals surface area contributed by atoms with E-state index in [1.54, 1.807) is 0 Å². The Hall–Kier alpha value is -2.79. The molecule has 3 aromatic rings. The molecule has 4 rings (SSSR count). The van der Waals surface area contributed by atoms with Gasteiger partial charge in [-0.1, -0.05) is 112 Å². The number of hydrogen-bond donors (Lipinski definition) is 0. The smallest absolute Gasteiger partial charge is 0.127 e. The highest BCUT2D eigenvalue weighted by Crippen LogP contribution is 2.35. The van der Waals surface area contributed by atoms with Crippen LogP contribution in [0.15, 0.2) is 66.8 Å². The standard InChI is InChI=1S/C29H30Si2/c1-30(2,3)19-17-27-24-13-9-10-14-25(24)28(18-20-31(4,5)6)29-21-23(15-16-26(27)29)22-11-7-8-12-22/h7-16,21-22H,1-6H3. The molecule has 0 atom stereocenters. The molecule has 0 nitrogen and oxygen atoms in total. The van der Waals surface area contributed by atoms with Gasteiger partial charge in [0.2, 0.25) is 0 Å². The Morgan fingerprint density at radius 3 is 1.61 bits per heavy atom. The van der Waals surface area contributed by atoms with E-state index in [0.29, 0.717) is 5.92 Å². The Balaban J connectivity index is 2.12. The van der Waals surface area contributed by atoms with E-state index < -0.39 is 16.1 Å². The van der Waals surface area contributed by atoms with Crippen molar-refractivity contribution < 1.29 is 0 Å². The summed E-state index contributed by atoms with van der Waals surface area (Å²) < 4.78 is 0. The predicted molar refractivity (Wildman–Crippen MR) is 143 cm³/mol. The zero-order valence-corrected chi connectivity index (χ0v) is 21.4. The van der Waals surface area contributed by atoms with E-state index >= 15 is 0 Å². The van der Waals surface area contributed by atoms with Crippen molar-refractivity contribution >= 4 is 37.7 Å². The Morgan fingerprint density at radius 1 is 0.613 bits per heavy atom. The second kappa shape index (κ2) is 8.04. The minimum Gasteiger partial charge on any atom is -0.127 e. The van der Waals surface area contributed by atoms with Gasteiger partial charge in [-0.25, -0.2) is 0 Å². The van der Waals surface area contributed by atoms with E-state index in [4.69, 9.17) is 0 Å². The van der Waals surface area contributed by atoms with Crippen LogP contribution in [0.1, 0.15) is 22.6 Å². The molecule has 0 heterocycles. The van der Waals surface area contributed by atoms with Gasteiger partial charge in [0.05, 0.1) is 0 Å². The summed E-state index contributed by atoms with van der Waals surface area (Å²) in [4.78, 5) is 0. The van der Waals surface area contributed by atoms with Gasteiger partial charge in [-0.3, -0.25) is 0 Å². The Morgan fingerprint density at radius 2 is 1.10 bits per heavy atom. The average molecular weight is 435 g/mol. The van der Waals surface area contributed by atoms with Gasteiger partial charge in [0.25, 0.3) is 0 Å². The summed E-state index contributed by atoms with van der Waals surface area (Å²) in [6.45, 7) is 13.8. The van der Waals surface area contributed by atoms with Gasteiger partial charge in [0, 0.05) is 17.0 Å². The molecule has 3 aromatic carbocycles. The molecule has 1 aliphatic rings. The van der Waals surface area contributed by atoms with E-state index in [1.165, 1.54) is 27.1 Å². The van der Waals surface area contributed by atoms with Crippen molar-refractivity contribution in [1.29, 1.82) is 0 Å². The number of rotatable bonds is 1. The zero-order chi connectivity index (χ0) is 22.2. The van der Waals surface area contributed by atoms with Crippen molar-refractivity contribution in [3.63, 3.8) is 0 Å². The zero-order valence-electron chi connectivity index (χ0n) is 19.4. The molecule has 0 radical (unpaired) electrons. The summed E-state index contributed by atoms with van der Waals surface area (Å²) in [6.07, 6.45) is 8.77. The van der Waals surface area contributed by atoms with Crippen LogP contribution in [0.5, 0.6) is 0 Å². The largest absolute Gasteiger partial charge is 0.129 e. The first-order chi connectivity index (χ1) is 14.6. The molecule has 0 unspecified atom stereocenters. The first-order valence-corrected chi connectivity index (χ1v) is 18.0. The molecule has 0 fully saturated rings. The summed E-state index contributed by atoms with van der Waals surface area (Å²) >= 11 is 0. The van der Waals surface area contributed by atoms with E-state index in [2.05, 4.69) is 129 Å². The van der Waals surface area contributed by atoms with Crippen molar-refractivity contribution in [2.45, 2.75) is 45.2 Å². The molecule has 0 saturated heterocycles. The highest BCUT2D eigenvalue weighted by molar-refractivity contribution is 6.84. The quantitative estimate of drug-likeness (QED) is 0.209. The SMILES string of the molecule is C[Si](C)(C)C#Cc1c2ccccc2c(C#C[Si](C)(C)C)c2cc(C3C=CC=C3)ccc12. The van der Waals surface area contributed by atoms with Gasteiger partial charge in [-0.15, -0.1) is 11.1 Å². The van der Waals surface area contributed by atoms with Crippen LogP contribution in [0.25, 0.3) is 21.5 Å². The maximum absolute atomic E-state index is 3.62. The topological polar surface area (TPSA) is 0 Å². The third kappa shape index (κ3) is 4.77. The van der Waals surface area contributed by atoms with Gasteiger partial charge in [0.1, 0.15) is 16.1 Å². The average Bonchev–Trinajstić information content (AvgIpc) is 3.23. The van der Waals surface area contributed by atoms with Crippen molar-refractivity contribution in [2.75, 3.05) is 0 Å². The predicted octanol–water partition coefficient (Wildman–Crippen LogP) is 7.66. The lowest BCUT2D eigenvalue weighted by molar-refractivity contribution is 1.11. The molecule has 0 N–H and O–H groups in total. The van der Waals surface area contributed by atoms with Crippen LogP contribution in [-0.4, -0.2) is 16.1 Å². The molecule has 0 amide bonds. The van der Waals surface area contributed by atoms with Crippen molar-refractivity contribution in [1.82, 2.24) is 0 Å². The molecule has 1 aliphatic carbocycles. The van der Waals surface area contributed by atoms with E-state index in [-0.39, 0.29) is 0 Å². The van der Waals surface area contributed by atoms with Crippen molar-refractivity contribution in [3.8, 4) is 22.9 Å². The number of fused-ring (bicyclic) bond motifs is 2. The summed E-state index contributed by atoms with van der Waals surface area (Å²) in [6, 6.07) is 15.5. The third-order valence-electron chi connectivity index (χ3n) is 5.31. The van der Waals surface area contributed by atoms with Crippen LogP contribution in [0.3, 0.4) is 0 Å². The third-order valence-corrected chi connectivity index (χ3v) is 7.06. The van der Waals surface area contributed by atoms with Crippen molar-refractivity contribution in [2.24, 2.45) is 0 Å². The van der Waals surface area contributed by atoms with Crippen molar-refractivity contribution in [3.05, 3.63) is 83.5 Å². The number of benzene rings is 3. The van der Waals surface area contributed by atoms with Crippen LogP contribution >= 0.6 is 0 Å². The first-order valence-electron chi connectivity index (χ1n) is 11.0. The Labute approximate surface area is 189 Å². The van der Waals surface area contributed by atoms with Crippen LogP contribution in [-0.2, 0) is 0 Å². The van der Waals surface area contributed by atoms with Gasteiger partial charge >= 0.3 is 0 Å². The molecule has 0 saturated carbocycles. The monoisotopic (exact) mass is 434 g/mol. The molecule has 0 spiro atoms. The minimum atomic E-state index is -1.51. The van der Waals surface area contributed by atoms with Gasteiger partial charge in [0.15, 0.2) is 0 Å². The molecule has 0 bridgehead atoms. The first kappa shape index (κ1) is 21.4. The highest BCUT2D eigenvalue weighted by atomic mass is 28.3. The summed E-state index contributed by atoms with van der Waals surface area (Å²) in [5.41, 5.74) is 10.8. The van der Waals surface area contributed by atoms with E-state index in [9.17, 15) is 0 Å². The summed E-state index contributed by atoms with van der Waals surface area (Å²) in [5, 5.41) is 4.89. The number of hydrogen-bond acceptors (Lipinski definition) is 0. The Bertz CT molecular complexity index is 1340. The summed E-state index contributed by atoms with van der Waals surface area (Å²) in [7, 11) is -3.02. The summed E-state index contributed by atoms with van der Waals surface area (Å²) in [5.74, 6) is 7.57. The molecular weight excluding hydrogens is 404 g/mol. The molecule has 31 heavy (non-hydrogen) atoms. The molecular formula is C29H30Si2. The molecule has 0 aliphatic heterocycles. The maximum atomic E-state index is 3.62. The van der Waals surface area contributed by atoms with Crippen LogP contribution < -0.4 is 0 Å². The molecule has 0 aromatic heterocycles. The fraction of sp³-hybridized carbons (Fsp3) is 0.241. The molecule has 2 heteroatoms. The van der Waals surface area contributed by atoms with Gasteiger partial charge < -0.3 is 0 Å². The maximum Gasteiger partial charge on any atom is 0.129 e. The fourth-order valence-electron chi connectivity index (χ4n) is 3.83. The second-order valence-electron chi connectivity index (χ2n) is 10.4. The van der Waals surface area contributed by atoms with E-state index in [1.807, 2.05) is 0 Å². The van der Waals surface area contributed by atoms with Crippen LogP contribution in [0.4, 0.5) is 0 Å². The lowest BCUT2D eigenvalue weighted by atomic mass is 9.89. The van der Waals surface area contributed by atoms with Gasteiger partial charge in [-0.05, 0) is 33.2 Å². The fourth-order valence-corrected chi connectivity index (χ4v) is 4.83. The van der Waals surface area contributed by atoms with Crippen LogP contribution in [0.2, 0.25) is 39.3 Å². The number of allylic oxidation sites excluding steroid dienone is 4. The molecule has 154 valence electrons. The van der Waals surface area contributed by atoms with E-state index in [0.717, 1.165) is 11.1 Å².